The Morgan fingerprint density at radius 1 is 1.38 bits per heavy atom. The first-order valence-electron chi connectivity index (χ1n) is 8.33. The number of rotatable bonds is 5. The van der Waals surface area contributed by atoms with E-state index in [1.54, 1.807) is 0 Å². The van der Waals surface area contributed by atoms with E-state index in [4.69, 9.17) is 0 Å². The zero-order valence-corrected chi connectivity index (χ0v) is 15.2. The lowest BCUT2D eigenvalue weighted by Gasteiger charge is -2.33. The molecule has 0 saturated carbocycles. The second kappa shape index (κ2) is 7.32. The van der Waals surface area contributed by atoms with Crippen molar-refractivity contribution < 1.29 is 4.79 Å². The van der Waals surface area contributed by atoms with Crippen LogP contribution in [0.3, 0.4) is 0 Å². The van der Waals surface area contributed by atoms with Gasteiger partial charge in [0.2, 0.25) is 0 Å². The zero-order chi connectivity index (χ0) is 17.1. The molecule has 2 aromatic rings. The van der Waals surface area contributed by atoms with Crippen molar-refractivity contribution in [1.29, 1.82) is 0 Å². The molecule has 24 heavy (non-hydrogen) atoms. The Kier molecular flexibility index (Phi) is 5.16. The van der Waals surface area contributed by atoms with Crippen molar-refractivity contribution in [3.8, 4) is 0 Å². The molecule has 3 rings (SSSR count). The molecule has 5 nitrogen and oxygen atoms in total. The van der Waals surface area contributed by atoms with E-state index in [0.717, 1.165) is 30.2 Å². The third-order valence-electron chi connectivity index (χ3n) is 4.66. The summed E-state index contributed by atoms with van der Waals surface area (Å²) in [4.78, 5) is 14.9. The standard InChI is InChI=1S/C18H24N4OS/c1-12(22-9-8-14-6-4-5-7-15(14)11-22)10-20-17(23)16-13(2)21-24-18(16)19-3/h4-7,12,19H,8-11H2,1-3H3,(H,20,23). The van der Waals surface area contributed by atoms with E-state index in [0.29, 0.717) is 18.2 Å². The number of hydrogen-bond acceptors (Lipinski definition) is 5. The molecule has 0 aliphatic carbocycles. The molecule has 0 radical (unpaired) electrons. The van der Waals surface area contributed by atoms with Crippen LogP contribution in [0.15, 0.2) is 24.3 Å². The van der Waals surface area contributed by atoms with Gasteiger partial charge in [-0.1, -0.05) is 24.3 Å². The number of carbonyl (C=O) groups is 1. The van der Waals surface area contributed by atoms with Gasteiger partial charge < -0.3 is 10.6 Å². The summed E-state index contributed by atoms with van der Waals surface area (Å²) >= 11 is 1.33. The van der Waals surface area contributed by atoms with Crippen LogP contribution in [0, 0.1) is 6.92 Å². The van der Waals surface area contributed by atoms with Crippen molar-refractivity contribution in [2.75, 3.05) is 25.5 Å². The highest BCUT2D eigenvalue weighted by molar-refractivity contribution is 7.10. The molecule has 1 aliphatic heterocycles. The summed E-state index contributed by atoms with van der Waals surface area (Å²) in [5.74, 6) is -0.0464. The highest BCUT2D eigenvalue weighted by atomic mass is 32.1. The van der Waals surface area contributed by atoms with Crippen molar-refractivity contribution in [2.24, 2.45) is 0 Å². The van der Waals surface area contributed by atoms with E-state index < -0.39 is 0 Å². The van der Waals surface area contributed by atoms with E-state index in [-0.39, 0.29) is 5.91 Å². The van der Waals surface area contributed by atoms with Crippen molar-refractivity contribution in [2.45, 2.75) is 32.9 Å². The van der Waals surface area contributed by atoms with Crippen molar-refractivity contribution >= 4 is 22.4 Å². The average Bonchev–Trinajstić information content (AvgIpc) is 2.99. The van der Waals surface area contributed by atoms with Crippen LogP contribution in [0.5, 0.6) is 0 Å². The van der Waals surface area contributed by atoms with Gasteiger partial charge in [0.15, 0.2) is 0 Å². The molecule has 1 aromatic carbocycles. The molecule has 1 aromatic heterocycles. The minimum absolute atomic E-state index is 0.0464. The molecular weight excluding hydrogens is 320 g/mol. The molecule has 2 heterocycles. The Morgan fingerprint density at radius 3 is 2.88 bits per heavy atom. The van der Waals surface area contributed by atoms with E-state index in [1.165, 1.54) is 22.7 Å². The van der Waals surface area contributed by atoms with Gasteiger partial charge in [0.05, 0.1) is 11.3 Å². The predicted molar refractivity (Wildman–Crippen MR) is 98.7 cm³/mol. The molecule has 1 atom stereocenters. The quantitative estimate of drug-likeness (QED) is 0.876. The van der Waals surface area contributed by atoms with E-state index >= 15 is 0 Å². The van der Waals surface area contributed by atoms with Gasteiger partial charge in [-0.25, -0.2) is 0 Å². The largest absolute Gasteiger partial charge is 0.378 e. The highest BCUT2D eigenvalue weighted by Crippen LogP contribution is 2.24. The number of carbonyl (C=O) groups excluding carboxylic acids is 1. The van der Waals surface area contributed by atoms with Crippen molar-refractivity contribution in [3.63, 3.8) is 0 Å². The van der Waals surface area contributed by atoms with E-state index in [2.05, 4.69) is 51.1 Å². The Morgan fingerprint density at radius 2 is 2.12 bits per heavy atom. The van der Waals surface area contributed by atoms with Crippen LogP contribution in [0.1, 0.15) is 34.1 Å². The van der Waals surface area contributed by atoms with Gasteiger partial charge in [-0.05, 0) is 42.9 Å². The van der Waals surface area contributed by atoms with E-state index in [9.17, 15) is 4.79 Å². The minimum atomic E-state index is -0.0464. The van der Waals surface area contributed by atoms with Crippen LogP contribution in [0.4, 0.5) is 5.00 Å². The van der Waals surface area contributed by atoms with Crippen LogP contribution >= 0.6 is 11.5 Å². The highest BCUT2D eigenvalue weighted by Gasteiger charge is 2.22. The number of fused-ring (bicyclic) bond motifs is 1. The van der Waals surface area contributed by atoms with Crippen LogP contribution in [-0.4, -0.2) is 41.4 Å². The minimum Gasteiger partial charge on any atom is -0.378 e. The number of aryl methyl sites for hydroxylation is 1. The Balaban J connectivity index is 1.59. The third-order valence-corrected chi connectivity index (χ3v) is 5.61. The molecule has 1 amide bonds. The smallest absolute Gasteiger partial charge is 0.256 e. The molecule has 1 unspecified atom stereocenters. The van der Waals surface area contributed by atoms with Gasteiger partial charge in [0.1, 0.15) is 5.00 Å². The fourth-order valence-corrected chi connectivity index (χ4v) is 3.90. The van der Waals surface area contributed by atoms with Gasteiger partial charge in [0.25, 0.3) is 5.91 Å². The summed E-state index contributed by atoms with van der Waals surface area (Å²) in [5.41, 5.74) is 4.29. The molecule has 0 bridgehead atoms. The van der Waals surface area contributed by atoms with Gasteiger partial charge in [-0.15, -0.1) is 0 Å². The van der Waals surface area contributed by atoms with Crippen molar-refractivity contribution in [1.82, 2.24) is 14.6 Å². The van der Waals surface area contributed by atoms with Crippen LogP contribution in [0.25, 0.3) is 0 Å². The first-order valence-corrected chi connectivity index (χ1v) is 9.10. The topological polar surface area (TPSA) is 57.3 Å². The summed E-state index contributed by atoms with van der Waals surface area (Å²) in [6, 6.07) is 8.92. The fraction of sp³-hybridized carbons (Fsp3) is 0.444. The van der Waals surface area contributed by atoms with E-state index in [1.807, 2.05) is 14.0 Å². The molecule has 128 valence electrons. The fourth-order valence-electron chi connectivity index (χ4n) is 3.16. The second-order valence-electron chi connectivity index (χ2n) is 6.27. The predicted octanol–water partition coefficient (Wildman–Crippen LogP) is 2.67. The SMILES string of the molecule is CNc1snc(C)c1C(=O)NCC(C)N1CCc2ccccc2C1. The van der Waals surface area contributed by atoms with Gasteiger partial charge in [-0.2, -0.15) is 4.37 Å². The molecule has 1 aliphatic rings. The summed E-state index contributed by atoms with van der Waals surface area (Å²) in [6.45, 7) is 6.67. The first kappa shape index (κ1) is 16.9. The monoisotopic (exact) mass is 344 g/mol. The maximum absolute atomic E-state index is 12.5. The maximum Gasteiger partial charge on any atom is 0.256 e. The Labute approximate surface area is 147 Å². The maximum atomic E-state index is 12.5. The van der Waals surface area contributed by atoms with Gasteiger partial charge in [0, 0.05) is 32.7 Å². The molecule has 0 fully saturated rings. The summed E-state index contributed by atoms with van der Waals surface area (Å²) < 4.78 is 4.26. The number of anilines is 1. The number of nitrogens with zero attached hydrogens (tertiary/aromatic N) is 2. The second-order valence-corrected chi connectivity index (χ2v) is 7.04. The first-order chi connectivity index (χ1) is 11.6. The molecule has 2 N–H and O–H groups in total. The van der Waals surface area contributed by atoms with Crippen LogP contribution < -0.4 is 10.6 Å². The van der Waals surface area contributed by atoms with Gasteiger partial charge in [-0.3, -0.25) is 9.69 Å². The molecule has 0 saturated heterocycles. The number of amides is 1. The number of nitrogens with one attached hydrogen (secondary N) is 2. The molecule has 0 spiro atoms. The number of hydrogen-bond donors (Lipinski definition) is 2. The van der Waals surface area contributed by atoms with Crippen LogP contribution in [0.2, 0.25) is 0 Å². The molecule has 6 heteroatoms. The summed E-state index contributed by atoms with van der Waals surface area (Å²) in [7, 11) is 1.82. The lowest BCUT2D eigenvalue weighted by Crippen LogP contribution is -2.44. The van der Waals surface area contributed by atoms with Crippen molar-refractivity contribution in [3.05, 3.63) is 46.6 Å². The third kappa shape index (κ3) is 3.44. The number of aromatic nitrogens is 1. The Hall–Kier alpha value is -1.92. The zero-order valence-electron chi connectivity index (χ0n) is 14.4. The average molecular weight is 344 g/mol. The molecular formula is C18H24N4OS. The lowest BCUT2D eigenvalue weighted by molar-refractivity contribution is 0.0933. The van der Waals surface area contributed by atoms with Crippen LogP contribution in [-0.2, 0) is 13.0 Å². The normalized spacial score (nSPS) is 15.6. The Bertz CT molecular complexity index is 728. The summed E-state index contributed by atoms with van der Waals surface area (Å²) in [6.07, 6.45) is 1.08. The van der Waals surface area contributed by atoms with Gasteiger partial charge >= 0.3 is 0 Å². The summed E-state index contributed by atoms with van der Waals surface area (Å²) in [5, 5.41) is 6.94. The lowest BCUT2D eigenvalue weighted by atomic mass is 9.99. The number of benzene rings is 1.